The number of amides is 3. The van der Waals surface area contributed by atoms with Crippen molar-refractivity contribution >= 4 is 39.0 Å². The number of hydrogen-bond acceptors (Lipinski definition) is 4. The lowest BCUT2D eigenvalue weighted by molar-refractivity contribution is -0.120. The predicted molar refractivity (Wildman–Crippen MR) is 142 cm³/mol. The topological polar surface area (TPSA) is 108 Å². The molecule has 0 fully saturated rings. The van der Waals surface area contributed by atoms with Crippen LogP contribution in [0.25, 0.3) is 0 Å². The second kappa shape index (κ2) is 10.8. The molecule has 1 heterocycles. The molecule has 3 aromatic rings. The van der Waals surface area contributed by atoms with Crippen molar-refractivity contribution in [1.29, 1.82) is 0 Å². The largest absolute Gasteiger partial charge is 0.326 e. The van der Waals surface area contributed by atoms with Gasteiger partial charge in [0, 0.05) is 17.1 Å². The van der Waals surface area contributed by atoms with Crippen LogP contribution < -0.4 is 20.3 Å². The maximum absolute atomic E-state index is 13.7. The number of carbonyl (C=O) groups is 2. The number of nitrogens with one attached hydrogen (secondary N) is 3. The van der Waals surface area contributed by atoms with Crippen molar-refractivity contribution in [2.75, 3.05) is 14.9 Å². The van der Waals surface area contributed by atoms with Gasteiger partial charge < -0.3 is 15.5 Å². The van der Waals surface area contributed by atoms with E-state index in [1.54, 1.807) is 49.1 Å². The fourth-order valence-corrected chi connectivity index (χ4v) is 4.75. The molecule has 0 saturated heterocycles. The van der Waals surface area contributed by atoms with Crippen LogP contribution in [0.5, 0.6) is 0 Å². The highest BCUT2D eigenvalue weighted by atomic mass is 32.2. The number of fused-ring (bicyclic) bond motifs is 1. The predicted octanol–water partition coefficient (Wildman–Crippen LogP) is 4.51. The molecule has 0 spiro atoms. The number of aryl methyl sites for hydroxylation is 1. The molecule has 8 nitrogen and oxygen atoms in total. The SMILES string of the molecule is CC(C)S(=O)(=O)Nc1cccc(CN2C(=O)C(NC(=O)Nc3ccccc3)CCc3ccccc32)c1. The van der Waals surface area contributed by atoms with Gasteiger partial charge in [0.2, 0.25) is 15.9 Å². The molecule has 0 aliphatic carbocycles. The van der Waals surface area contributed by atoms with Gasteiger partial charge in [-0.3, -0.25) is 9.52 Å². The molecule has 4 rings (SSSR count). The number of anilines is 3. The minimum absolute atomic E-state index is 0.226. The first kappa shape index (κ1) is 25.2. The van der Waals surface area contributed by atoms with E-state index in [1.807, 2.05) is 48.5 Å². The van der Waals surface area contributed by atoms with Crippen LogP contribution in [0, 0.1) is 0 Å². The zero-order valence-electron chi connectivity index (χ0n) is 20.3. The molecule has 0 aromatic heterocycles. The first-order valence-corrected chi connectivity index (χ1v) is 13.4. The lowest BCUT2D eigenvalue weighted by Crippen LogP contribution is -2.49. The Balaban J connectivity index is 1.56. The van der Waals surface area contributed by atoms with E-state index in [0.717, 1.165) is 16.8 Å². The van der Waals surface area contributed by atoms with Gasteiger partial charge in [0.15, 0.2) is 0 Å². The summed E-state index contributed by atoms with van der Waals surface area (Å²) in [4.78, 5) is 28.0. The van der Waals surface area contributed by atoms with Crippen LogP contribution in [0.15, 0.2) is 78.9 Å². The molecular weight excluding hydrogens is 476 g/mol. The normalized spacial score (nSPS) is 15.7. The van der Waals surface area contributed by atoms with E-state index in [2.05, 4.69) is 15.4 Å². The number of sulfonamides is 1. The van der Waals surface area contributed by atoms with Crippen molar-refractivity contribution in [3.05, 3.63) is 90.0 Å². The van der Waals surface area contributed by atoms with Gasteiger partial charge in [0.1, 0.15) is 6.04 Å². The molecule has 0 saturated carbocycles. The molecule has 188 valence electrons. The lowest BCUT2D eigenvalue weighted by atomic mass is 10.1. The average molecular weight is 507 g/mol. The number of urea groups is 1. The Labute approximate surface area is 211 Å². The molecule has 0 bridgehead atoms. The van der Waals surface area contributed by atoms with Gasteiger partial charge in [-0.05, 0) is 68.1 Å². The van der Waals surface area contributed by atoms with E-state index < -0.39 is 27.3 Å². The Bertz CT molecular complexity index is 1340. The highest BCUT2D eigenvalue weighted by molar-refractivity contribution is 7.93. The van der Waals surface area contributed by atoms with E-state index >= 15 is 0 Å². The molecule has 1 aliphatic heterocycles. The molecule has 1 unspecified atom stereocenters. The Morgan fingerprint density at radius 2 is 1.67 bits per heavy atom. The Morgan fingerprint density at radius 3 is 2.42 bits per heavy atom. The summed E-state index contributed by atoms with van der Waals surface area (Å²) in [7, 11) is -3.50. The second-order valence-electron chi connectivity index (χ2n) is 9.01. The van der Waals surface area contributed by atoms with Crippen LogP contribution >= 0.6 is 0 Å². The maximum Gasteiger partial charge on any atom is 0.319 e. The first-order valence-electron chi connectivity index (χ1n) is 11.9. The Hall–Kier alpha value is -3.85. The molecule has 3 N–H and O–H groups in total. The molecule has 0 radical (unpaired) electrons. The third-order valence-electron chi connectivity index (χ3n) is 6.03. The third-order valence-corrected chi connectivity index (χ3v) is 7.80. The summed E-state index contributed by atoms with van der Waals surface area (Å²) < 4.78 is 27.2. The number of benzene rings is 3. The monoisotopic (exact) mass is 506 g/mol. The van der Waals surface area contributed by atoms with Gasteiger partial charge in [-0.1, -0.05) is 48.5 Å². The van der Waals surface area contributed by atoms with Crippen LogP contribution in [0.3, 0.4) is 0 Å². The fourth-order valence-electron chi connectivity index (χ4n) is 4.06. The Morgan fingerprint density at radius 1 is 0.972 bits per heavy atom. The van der Waals surface area contributed by atoms with Crippen molar-refractivity contribution in [3.63, 3.8) is 0 Å². The van der Waals surface area contributed by atoms with Crippen LogP contribution in [-0.2, 0) is 27.8 Å². The van der Waals surface area contributed by atoms with Crippen LogP contribution in [0.2, 0.25) is 0 Å². The second-order valence-corrected chi connectivity index (χ2v) is 11.2. The number of para-hydroxylation sites is 2. The standard InChI is InChI=1S/C27H30N4O4S/c1-19(2)36(34,35)30-23-13-8-9-20(17-23)18-31-25-14-7-6-10-21(25)15-16-24(26(31)32)29-27(33)28-22-11-4-3-5-12-22/h3-14,17,19,24,30H,15-16,18H2,1-2H3,(H2,28,29,33). The van der Waals surface area contributed by atoms with E-state index in [4.69, 9.17) is 0 Å². The molecule has 1 atom stereocenters. The van der Waals surface area contributed by atoms with Gasteiger partial charge in [-0.2, -0.15) is 0 Å². The molecule has 3 amide bonds. The van der Waals surface area contributed by atoms with E-state index in [1.165, 1.54) is 0 Å². The summed E-state index contributed by atoms with van der Waals surface area (Å²) >= 11 is 0. The zero-order valence-corrected chi connectivity index (χ0v) is 21.1. The summed E-state index contributed by atoms with van der Waals surface area (Å²) in [5, 5.41) is 5.02. The summed E-state index contributed by atoms with van der Waals surface area (Å²) in [5.41, 5.74) is 3.63. The van der Waals surface area contributed by atoms with Gasteiger partial charge in [0.25, 0.3) is 0 Å². The van der Waals surface area contributed by atoms with Gasteiger partial charge >= 0.3 is 6.03 Å². The number of rotatable bonds is 7. The van der Waals surface area contributed by atoms with Crippen molar-refractivity contribution < 1.29 is 18.0 Å². The minimum atomic E-state index is -3.50. The quantitative estimate of drug-likeness (QED) is 0.438. The number of nitrogens with zero attached hydrogens (tertiary/aromatic N) is 1. The molecule has 1 aliphatic rings. The third kappa shape index (κ3) is 6.04. The summed E-state index contributed by atoms with van der Waals surface area (Å²) in [6, 6.07) is 22.6. The van der Waals surface area contributed by atoms with E-state index in [9.17, 15) is 18.0 Å². The number of hydrogen-bond donors (Lipinski definition) is 3. The van der Waals surface area contributed by atoms with Gasteiger partial charge in [0.05, 0.1) is 11.8 Å². The smallest absolute Gasteiger partial charge is 0.319 e. The summed E-state index contributed by atoms with van der Waals surface area (Å²) in [6.45, 7) is 3.45. The van der Waals surface area contributed by atoms with Crippen LogP contribution in [0.4, 0.5) is 21.9 Å². The minimum Gasteiger partial charge on any atom is -0.326 e. The van der Waals surface area contributed by atoms with E-state index in [-0.39, 0.29) is 12.5 Å². The van der Waals surface area contributed by atoms with Crippen molar-refractivity contribution in [2.45, 2.75) is 44.5 Å². The summed E-state index contributed by atoms with van der Waals surface area (Å²) in [6.07, 6.45) is 1.09. The average Bonchev–Trinajstić information content (AvgIpc) is 2.97. The van der Waals surface area contributed by atoms with Gasteiger partial charge in [-0.25, -0.2) is 13.2 Å². The molecular formula is C27H30N4O4S. The highest BCUT2D eigenvalue weighted by Gasteiger charge is 2.31. The fraction of sp³-hybridized carbons (Fsp3) is 0.259. The molecule has 9 heteroatoms. The van der Waals surface area contributed by atoms with Gasteiger partial charge in [-0.15, -0.1) is 0 Å². The number of carbonyl (C=O) groups excluding carboxylic acids is 2. The lowest BCUT2D eigenvalue weighted by Gasteiger charge is -2.26. The summed E-state index contributed by atoms with van der Waals surface area (Å²) in [5.74, 6) is -0.226. The van der Waals surface area contributed by atoms with Crippen LogP contribution in [-0.4, -0.2) is 31.6 Å². The van der Waals surface area contributed by atoms with E-state index in [0.29, 0.717) is 24.2 Å². The maximum atomic E-state index is 13.7. The van der Waals surface area contributed by atoms with Crippen molar-refractivity contribution in [3.8, 4) is 0 Å². The first-order chi connectivity index (χ1) is 17.2. The van der Waals surface area contributed by atoms with Crippen LogP contribution in [0.1, 0.15) is 31.4 Å². The zero-order chi connectivity index (χ0) is 25.7. The highest BCUT2D eigenvalue weighted by Crippen LogP contribution is 2.29. The molecule has 36 heavy (non-hydrogen) atoms. The van der Waals surface area contributed by atoms with Crippen molar-refractivity contribution in [1.82, 2.24) is 5.32 Å². The van der Waals surface area contributed by atoms with Crippen molar-refractivity contribution in [2.24, 2.45) is 0 Å². The Kier molecular flexibility index (Phi) is 7.59. The molecule has 3 aromatic carbocycles.